The summed E-state index contributed by atoms with van der Waals surface area (Å²) in [5, 5.41) is 9.31. The maximum atomic E-state index is 9.31. The van der Waals surface area contributed by atoms with Gasteiger partial charge in [0.2, 0.25) is 0 Å². The van der Waals surface area contributed by atoms with Crippen molar-refractivity contribution in [2.75, 3.05) is 5.73 Å². The molecule has 0 aromatic heterocycles. The highest BCUT2D eigenvalue weighted by molar-refractivity contribution is 5.45. The van der Waals surface area contributed by atoms with Crippen LogP contribution in [0.25, 0.3) is 0 Å². The molecule has 1 aromatic rings. The third-order valence-electron chi connectivity index (χ3n) is 2.17. The number of rotatable bonds is 2. The SMILES string of the molecule is Cc1cc(N)ccc1[C@H](N)[C@H](C)O. The maximum Gasteiger partial charge on any atom is 0.0704 e. The average Bonchev–Trinajstić information content (AvgIpc) is 2.03. The van der Waals surface area contributed by atoms with Gasteiger partial charge >= 0.3 is 0 Å². The summed E-state index contributed by atoms with van der Waals surface area (Å²) in [5.41, 5.74) is 14.1. The molecule has 0 aliphatic rings. The molecule has 1 rings (SSSR count). The smallest absolute Gasteiger partial charge is 0.0704 e. The number of benzene rings is 1. The first kappa shape index (κ1) is 10.0. The second-order valence-corrected chi connectivity index (χ2v) is 3.38. The summed E-state index contributed by atoms with van der Waals surface area (Å²) < 4.78 is 0. The molecule has 0 unspecified atom stereocenters. The van der Waals surface area contributed by atoms with E-state index in [4.69, 9.17) is 11.5 Å². The molecule has 0 saturated heterocycles. The molecule has 0 bridgehead atoms. The van der Waals surface area contributed by atoms with Crippen molar-refractivity contribution in [3.63, 3.8) is 0 Å². The fourth-order valence-corrected chi connectivity index (χ4v) is 1.33. The Hall–Kier alpha value is -1.06. The molecule has 5 N–H and O–H groups in total. The second-order valence-electron chi connectivity index (χ2n) is 3.38. The van der Waals surface area contributed by atoms with Crippen LogP contribution in [0.2, 0.25) is 0 Å². The van der Waals surface area contributed by atoms with Crippen LogP contribution in [0.5, 0.6) is 0 Å². The van der Waals surface area contributed by atoms with Gasteiger partial charge in [0.25, 0.3) is 0 Å². The molecular formula is C10H16N2O. The largest absolute Gasteiger partial charge is 0.399 e. The normalized spacial score (nSPS) is 15.4. The van der Waals surface area contributed by atoms with E-state index in [1.54, 1.807) is 13.0 Å². The molecule has 0 spiro atoms. The topological polar surface area (TPSA) is 72.3 Å². The molecule has 0 heterocycles. The van der Waals surface area contributed by atoms with E-state index in [1.807, 2.05) is 19.1 Å². The summed E-state index contributed by atoms with van der Waals surface area (Å²) >= 11 is 0. The number of aliphatic hydroxyl groups excluding tert-OH is 1. The molecule has 0 aliphatic heterocycles. The monoisotopic (exact) mass is 180 g/mol. The average molecular weight is 180 g/mol. The van der Waals surface area contributed by atoms with Crippen LogP contribution in [0.4, 0.5) is 5.69 Å². The third-order valence-corrected chi connectivity index (χ3v) is 2.17. The van der Waals surface area contributed by atoms with Gasteiger partial charge in [0.15, 0.2) is 0 Å². The summed E-state index contributed by atoms with van der Waals surface area (Å²) in [6.45, 7) is 3.62. The first-order valence-electron chi connectivity index (χ1n) is 4.32. The number of nitrogens with two attached hydrogens (primary N) is 2. The van der Waals surface area contributed by atoms with Gasteiger partial charge in [-0.1, -0.05) is 6.07 Å². The van der Waals surface area contributed by atoms with Gasteiger partial charge in [-0.05, 0) is 37.1 Å². The van der Waals surface area contributed by atoms with Gasteiger partial charge in [0.1, 0.15) is 0 Å². The Morgan fingerprint density at radius 1 is 1.38 bits per heavy atom. The summed E-state index contributed by atoms with van der Waals surface area (Å²) in [6.07, 6.45) is -0.540. The highest BCUT2D eigenvalue weighted by Gasteiger charge is 2.13. The molecule has 3 nitrogen and oxygen atoms in total. The number of aliphatic hydroxyl groups is 1. The summed E-state index contributed by atoms with van der Waals surface area (Å²) in [7, 11) is 0. The summed E-state index contributed by atoms with van der Waals surface area (Å²) in [4.78, 5) is 0. The van der Waals surface area contributed by atoms with E-state index >= 15 is 0 Å². The van der Waals surface area contributed by atoms with E-state index in [2.05, 4.69) is 0 Å². The number of anilines is 1. The molecule has 0 saturated carbocycles. The van der Waals surface area contributed by atoms with Crippen LogP contribution in [-0.2, 0) is 0 Å². The number of aryl methyl sites for hydroxylation is 1. The van der Waals surface area contributed by atoms with Crippen LogP contribution < -0.4 is 11.5 Å². The van der Waals surface area contributed by atoms with Gasteiger partial charge in [-0.2, -0.15) is 0 Å². The van der Waals surface area contributed by atoms with Gasteiger partial charge in [0.05, 0.1) is 12.1 Å². The van der Waals surface area contributed by atoms with Crippen LogP contribution in [0.3, 0.4) is 0 Å². The van der Waals surface area contributed by atoms with Crippen molar-refractivity contribution < 1.29 is 5.11 Å². The van der Waals surface area contributed by atoms with Gasteiger partial charge in [-0.15, -0.1) is 0 Å². The van der Waals surface area contributed by atoms with Gasteiger partial charge < -0.3 is 16.6 Å². The van der Waals surface area contributed by atoms with E-state index in [-0.39, 0.29) is 6.04 Å². The first-order chi connectivity index (χ1) is 6.02. The summed E-state index contributed by atoms with van der Waals surface area (Å²) in [5.74, 6) is 0. The van der Waals surface area contributed by atoms with Crippen molar-refractivity contribution in [3.05, 3.63) is 29.3 Å². The van der Waals surface area contributed by atoms with Crippen molar-refractivity contribution in [3.8, 4) is 0 Å². The number of hydrogen-bond acceptors (Lipinski definition) is 3. The lowest BCUT2D eigenvalue weighted by Crippen LogP contribution is -2.23. The first-order valence-corrected chi connectivity index (χ1v) is 4.32. The van der Waals surface area contributed by atoms with E-state index in [9.17, 15) is 5.11 Å². The Kier molecular flexibility index (Phi) is 2.90. The molecule has 0 radical (unpaired) electrons. The zero-order valence-corrected chi connectivity index (χ0v) is 7.99. The van der Waals surface area contributed by atoms with Crippen LogP contribution in [0, 0.1) is 6.92 Å². The van der Waals surface area contributed by atoms with Crippen molar-refractivity contribution in [2.45, 2.75) is 26.0 Å². The fraction of sp³-hybridized carbons (Fsp3) is 0.400. The van der Waals surface area contributed by atoms with Crippen molar-refractivity contribution in [2.24, 2.45) is 5.73 Å². The van der Waals surface area contributed by atoms with E-state index in [0.717, 1.165) is 16.8 Å². The van der Waals surface area contributed by atoms with E-state index < -0.39 is 6.10 Å². The highest BCUT2D eigenvalue weighted by atomic mass is 16.3. The molecule has 3 heteroatoms. The van der Waals surface area contributed by atoms with Gasteiger partial charge in [-0.25, -0.2) is 0 Å². The van der Waals surface area contributed by atoms with E-state index in [1.165, 1.54) is 0 Å². The Labute approximate surface area is 78.4 Å². The molecule has 13 heavy (non-hydrogen) atoms. The number of hydrogen-bond donors (Lipinski definition) is 3. The lowest BCUT2D eigenvalue weighted by molar-refractivity contribution is 0.164. The summed E-state index contributed by atoms with van der Waals surface area (Å²) in [6, 6.07) is 5.19. The maximum absolute atomic E-state index is 9.31. The quantitative estimate of drug-likeness (QED) is 0.593. The predicted octanol–water partition coefficient (Wildman–Crippen LogP) is 0.958. The number of nitrogen functional groups attached to an aromatic ring is 1. The standard InChI is InChI=1S/C10H16N2O/c1-6-5-8(11)3-4-9(6)10(12)7(2)13/h3-5,7,10,13H,11-12H2,1-2H3/t7-,10+/m0/s1. The molecule has 0 amide bonds. The zero-order chi connectivity index (χ0) is 10.0. The minimum atomic E-state index is -0.540. The second kappa shape index (κ2) is 3.77. The Morgan fingerprint density at radius 3 is 2.46 bits per heavy atom. The van der Waals surface area contributed by atoms with Crippen LogP contribution in [0.1, 0.15) is 24.1 Å². The van der Waals surface area contributed by atoms with Gasteiger partial charge in [-0.3, -0.25) is 0 Å². The lowest BCUT2D eigenvalue weighted by Gasteiger charge is -2.17. The zero-order valence-electron chi connectivity index (χ0n) is 7.99. The molecular weight excluding hydrogens is 164 g/mol. The molecule has 0 aliphatic carbocycles. The predicted molar refractivity (Wildman–Crippen MR) is 54.2 cm³/mol. The lowest BCUT2D eigenvalue weighted by atomic mass is 9.98. The van der Waals surface area contributed by atoms with Crippen molar-refractivity contribution >= 4 is 5.69 Å². The Bertz CT molecular complexity index is 297. The van der Waals surface area contributed by atoms with Crippen LogP contribution >= 0.6 is 0 Å². The van der Waals surface area contributed by atoms with Crippen molar-refractivity contribution in [1.82, 2.24) is 0 Å². The Balaban J connectivity index is 3.01. The minimum Gasteiger partial charge on any atom is -0.399 e. The van der Waals surface area contributed by atoms with E-state index in [0.29, 0.717) is 0 Å². The Morgan fingerprint density at radius 2 is 2.00 bits per heavy atom. The molecule has 0 fully saturated rings. The molecule has 72 valence electrons. The minimum absolute atomic E-state index is 0.333. The van der Waals surface area contributed by atoms with Crippen LogP contribution in [-0.4, -0.2) is 11.2 Å². The van der Waals surface area contributed by atoms with Crippen LogP contribution in [0.15, 0.2) is 18.2 Å². The molecule has 2 atom stereocenters. The third kappa shape index (κ3) is 2.20. The molecule has 1 aromatic carbocycles. The fourth-order valence-electron chi connectivity index (χ4n) is 1.33. The van der Waals surface area contributed by atoms with Gasteiger partial charge in [0, 0.05) is 5.69 Å². The van der Waals surface area contributed by atoms with Crippen molar-refractivity contribution in [1.29, 1.82) is 0 Å². The highest BCUT2D eigenvalue weighted by Crippen LogP contribution is 2.20.